The van der Waals surface area contributed by atoms with Crippen LogP contribution in [0.3, 0.4) is 0 Å². The topological polar surface area (TPSA) is 52.6 Å². The molecule has 4 rings (SSSR count). The van der Waals surface area contributed by atoms with Crippen LogP contribution in [0.5, 0.6) is 0 Å². The minimum absolute atomic E-state index is 0. The number of likely N-dealkylation sites (N-methyl/N-ethyl adjacent to an activating group) is 1. The molecule has 0 unspecified atom stereocenters. The molecule has 6 heteroatoms. The largest absolute Gasteiger partial charge is 0.383 e. The highest BCUT2D eigenvalue weighted by Gasteiger charge is 2.29. The van der Waals surface area contributed by atoms with Crippen LogP contribution in [0.1, 0.15) is 31.8 Å². The van der Waals surface area contributed by atoms with Crippen molar-refractivity contribution in [3.63, 3.8) is 0 Å². The number of hydrazine groups is 1. The average Bonchev–Trinajstić information content (AvgIpc) is 3.05. The van der Waals surface area contributed by atoms with Gasteiger partial charge in [-0.1, -0.05) is 30.3 Å². The van der Waals surface area contributed by atoms with Gasteiger partial charge in [-0.2, -0.15) is 0 Å². The van der Waals surface area contributed by atoms with Crippen molar-refractivity contribution in [1.82, 2.24) is 10.0 Å². The summed E-state index contributed by atoms with van der Waals surface area (Å²) in [6.07, 6.45) is 4.17. The van der Waals surface area contributed by atoms with E-state index in [0.29, 0.717) is 22.3 Å². The molecule has 26 heavy (non-hydrogen) atoms. The average molecular weight is 414 g/mol. The van der Waals surface area contributed by atoms with Gasteiger partial charge in [0.15, 0.2) is 11.6 Å². The van der Waals surface area contributed by atoms with E-state index in [9.17, 15) is 9.59 Å². The highest BCUT2D eigenvalue weighted by Crippen LogP contribution is 2.29. The Morgan fingerprint density at radius 2 is 1.62 bits per heavy atom. The normalized spacial score (nSPS) is 15.5. The van der Waals surface area contributed by atoms with E-state index in [2.05, 4.69) is 27.6 Å². The molecule has 0 aromatic heterocycles. The van der Waals surface area contributed by atoms with Crippen LogP contribution >= 0.6 is 17.0 Å². The molecule has 2 aromatic carbocycles. The second-order valence-corrected chi connectivity index (χ2v) is 6.28. The Balaban J connectivity index is 0.00000196. The number of anilines is 1. The fraction of sp³-hybridized carbons (Fsp3) is 0.200. The van der Waals surface area contributed by atoms with Gasteiger partial charge >= 0.3 is 0 Å². The van der Waals surface area contributed by atoms with Crippen LogP contribution in [-0.2, 0) is 0 Å². The number of nitrogens with zero attached hydrogens (tertiary/aromatic N) is 2. The lowest BCUT2D eigenvalue weighted by Crippen LogP contribution is -2.34. The van der Waals surface area contributed by atoms with Crippen molar-refractivity contribution in [2.24, 2.45) is 0 Å². The Hall–Kier alpha value is -2.44. The molecule has 0 spiro atoms. The molecule has 0 bridgehead atoms. The molecular formula is C20H20BrN3O2. The van der Waals surface area contributed by atoms with E-state index in [0.717, 1.165) is 25.3 Å². The molecule has 0 atom stereocenters. The number of hydrogen-bond acceptors (Lipinski definition) is 5. The molecule has 0 amide bonds. The number of hydrogen-bond donors (Lipinski definition) is 1. The van der Waals surface area contributed by atoms with Gasteiger partial charge in [-0.15, -0.1) is 17.0 Å². The van der Waals surface area contributed by atoms with Gasteiger partial charge in [0, 0.05) is 54.3 Å². The SMILES string of the molecule is Br.CN1CC=CN1CCNc1ccc2c(c1)C(=O)c1ccccc1C2=O. The second-order valence-electron chi connectivity index (χ2n) is 6.28. The highest BCUT2D eigenvalue weighted by molar-refractivity contribution is 8.93. The summed E-state index contributed by atoms with van der Waals surface area (Å²) in [5.41, 5.74) is 2.79. The third kappa shape index (κ3) is 3.18. The molecule has 0 saturated heterocycles. The first-order chi connectivity index (χ1) is 12.1. The quantitative estimate of drug-likeness (QED) is 0.711. The van der Waals surface area contributed by atoms with E-state index in [1.54, 1.807) is 36.4 Å². The summed E-state index contributed by atoms with van der Waals surface area (Å²) in [5.74, 6) is -0.170. The summed E-state index contributed by atoms with van der Waals surface area (Å²) in [7, 11) is 2.04. The molecular weight excluding hydrogens is 394 g/mol. The molecule has 5 nitrogen and oxygen atoms in total. The number of ketones is 2. The number of carbonyl (C=O) groups excluding carboxylic acids is 2. The summed E-state index contributed by atoms with van der Waals surface area (Å²) < 4.78 is 0. The standard InChI is InChI=1S/C20H19N3O2.BrH/c1-22-10-4-11-23(22)12-9-21-14-7-8-17-18(13-14)20(25)16-6-3-2-5-15(16)19(17)24;/h2-8,11,13,21H,9-10,12H2,1H3;1H. The molecule has 134 valence electrons. The van der Waals surface area contributed by atoms with Gasteiger partial charge in [0.05, 0.1) is 6.54 Å². The summed E-state index contributed by atoms with van der Waals surface area (Å²) in [6.45, 7) is 2.50. The number of carbonyl (C=O) groups is 2. The summed E-state index contributed by atoms with van der Waals surface area (Å²) in [5, 5.41) is 7.60. The van der Waals surface area contributed by atoms with Crippen molar-refractivity contribution in [2.75, 3.05) is 32.0 Å². The fourth-order valence-electron chi connectivity index (χ4n) is 3.31. The van der Waals surface area contributed by atoms with Crippen molar-refractivity contribution in [3.05, 3.63) is 77.0 Å². The second kappa shape index (κ2) is 7.43. The van der Waals surface area contributed by atoms with Crippen molar-refractivity contribution < 1.29 is 9.59 Å². The van der Waals surface area contributed by atoms with E-state index < -0.39 is 0 Å². The van der Waals surface area contributed by atoms with Crippen molar-refractivity contribution >= 4 is 34.2 Å². The molecule has 2 aliphatic rings. The first kappa shape index (κ1) is 18.4. The minimum atomic E-state index is -0.0870. The molecule has 0 fully saturated rings. The Morgan fingerprint density at radius 3 is 2.27 bits per heavy atom. The molecule has 2 aromatic rings. The van der Waals surface area contributed by atoms with E-state index in [-0.39, 0.29) is 28.5 Å². The lowest BCUT2D eigenvalue weighted by Gasteiger charge is -2.25. The zero-order valence-corrected chi connectivity index (χ0v) is 16.1. The smallest absolute Gasteiger partial charge is 0.194 e. The van der Waals surface area contributed by atoms with E-state index >= 15 is 0 Å². The zero-order chi connectivity index (χ0) is 17.4. The van der Waals surface area contributed by atoms with E-state index in [4.69, 9.17) is 0 Å². The Bertz CT molecular complexity index is 894. The number of nitrogens with one attached hydrogen (secondary N) is 1. The van der Waals surface area contributed by atoms with Gasteiger partial charge in [0.25, 0.3) is 0 Å². The first-order valence-corrected chi connectivity index (χ1v) is 8.36. The molecule has 1 heterocycles. The Kier molecular flexibility index (Phi) is 5.25. The van der Waals surface area contributed by atoms with Crippen molar-refractivity contribution in [1.29, 1.82) is 0 Å². The van der Waals surface area contributed by atoms with Gasteiger partial charge in [-0.25, -0.2) is 5.01 Å². The van der Waals surface area contributed by atoms with Crippen LogP contribution in [0.2, 0.25) is 0 Å². The van der Waals surface area contributed by atoms with Crippen LogP contribution in [0.15, 0.2) is 54.7 Å². The third-order valence-electron chi connectivity index (χ3n) is 4.68. The van der Waals surface area contributed by atoms with Gasteiger partial charge in [-0.3, -0.25) is 9.59 Å². The monoisotopic (exact) mass is 413 g/mol. The number of rotatable bonds is 4. The van der Waals surface area contributed by atoms with Crippen LogP contribution < -0.4 is 5.32 Å². The maximum atomic E-state index is 12.7. The number of benzene rings is 2. The summed E-state index contributed by atoms with van der Waals surface area (Å²) in [4.78, 5) is 25.3. The maximum Gasteiger partial charge on any atom is 0.194 e. The van der Waals surface area contributed by atoms with E-state index in [1.807, 2.05) is 13.1 Å². The molecule has 1 N–H and O–H groups in total. The van der Waals surface area contributed by atoms with Crippen LogP contribution in [0.25, 0.3) is 0 Å². The van der Waals surface area contributed by atoms with Crippen LogP contribution in [-0.4, -0.2) is 48.3 Å². The van der Waals surface area contributed by atoms with Crippen molar-refractivity contribution in [3.8, 4) is 0 Å². The van der Waals surface area contributed by atoms with Gasteiger partial charge in [0.1, 0.15) is 0 Å². The van der Waals surface area contributed by atoms with E-state index in [1.165, 1.54) is 0 Å². The molecule has 1 aliphatic heterocycles. The third-order valence-corrected chi connectivity index (χ3v) is 4.68. The summed E-state index contributed by atoms with van der Waals surface area (Å²) in [6, 6.07) is 12.4. The van der Waals surface area contributed by atoms with Crippen LogP contribution in [0.4, 0.5) is 5.69 Å². The van der Waals surface area contributed by atoms with Crippen molar-refractivity contribution in [2.45, 2.75) is 0 Å². The number of halogens is 1. The minimum Gasteiger partial charge on any atom is -0.383 e. The first-order valence-electron chi connectivity index (χ1n) is 8.36. The molecule has 0 radical (unpaired) electrons. The fourth-order valence-corrected chi connectivity index (χ4v) is 3.31. The predicted molar refractivity (Wildman–Crippen MR) is 107 cm³/mol. The highest BCUT2D eigenvalue weighted by atomic mass is 79.9. The lowest BCUT2D eigenvalue weighted by molar-refractivity contribution is 0.0891. The van der Waals surface area contributed by atoms with Gasteiger partial charge in [0.2, 0.25) is 0 Å². The summed E-state index contributed by atoms with van der Waals surface area (Å²) >= 11 is 0. The molecule has 0 saturated carbocycles. The number of fused-ring (bicyclic) bond motifs is 2. The lowest BCUT2D eigenvalue weighted by atomic mass is 9.84. The Morgan fingerprint density at radius 1 is 0.962 bits per heavy atom. The predicted octanol–water partition coefficient (Wildman–Crippen LogP) is 3.13. The Labute approximate surface area is 163 Å². The maximum absolute atomic E-state index is 12.7. The molecule has 1 aliphatic carbocycles. The van der Waals surface area contributed by atoms with Gasteiger partial charge in [-0.05, 0) is 18.2 Å². The zero-order valence-electron chi connectivity index (χ0n) is 14.4. The van der Waals surface area contributed by atoms with Crippen LogP contribution in [0, 0.1) is 0 Å². The van der Waals surface area contributed by atoms with Gasteiger partial charge < -0.3 is 10.3 Å².